The summed E-state index contributed by atoms with van der Waals surface area (Å²) in [7, 11) is 1.46. The van der Waals surface area contributed by atoms with Crippen molar-refractivity contribution in [3.8, 4) is 11.5 Å². The zero-order chi connectivity index (χ0) is 17.3. The van der Waals surface area contributed by atoms with Crippen LogP contribution >= 0.6 is 27.3 Å². The zero-order valence-corrected chi connectivity index (χ0v) is 15.4. The summed E-state index contributed by atoms with van der Waals surface area (Å²) in [5.74, 6) is 0.331. The first-order valence-electron chi connectivity index (χ1n) is 7.14. The molecular weight excluding hydrogens is 394 g/mol. The maximum atomic E-state index is 12.5. The summed E-state index contributed by atoms with van der Waals surface area (Å²) < 4.78 is 6.77. The molecule has 3 aromatic rings. The van der Waals surface area contributed by atoms with E-state index in [1.54, 1.807) is 12.1 Å². The summed E-state index contributed by atoms with van der Waals surface area (Å²) in [6.45, 7) is 2.04. The largest absolute Gasteiger partial charge is 0.503 e. The fourth-order valence-corrected chi connectivity index (χ4v) is 3.56. The number of aromatic hydroxyl groups is 1. The number of thiophene rings is 1. The number of rotatable bonds is 4. The Morgan fingerprint density at radius 2 is 2.25 bits per heavy atom. The Balaban J connectivity index is 2.00. The number of fused-ring (bicyclic) bond motifs is 1. The molecule has 3 rings (SSSR count). The van der Waals surface area contributed by atoms with Gasteiger partial charge in [-0.1, -0.05) is 6.92 Å². The van der Waals surface area contributed by atoms with Gasteiger partial charge >= 0.3 is 0 Å². The summed E-state index contributed by atoms with van der Waals surface area (Å²) in [6.07, 6.45) is 3.78. The van der Waals surface area contributed by atoms with Gasteiger partial charge in [-0.25, -0.2) is 4.98 Å². The van der Waals surface area contributed by atoms with Crippen LogP contribution in [-0.2, 0) is 6.42 Å². The number of phenolic OH excluding ortho intramolecular Hbond substituents is 1. The molecule has 2 heterocycles. The van der Waals surface area contributed by atoms with Gasteiger partial charge in [0, 0.05) is 4.88 Å². The number of halogens is 1. The van der Waals surface area contributed by atoms with Gasteiger partial charge in [0.15, 0.2) is 11.5 Å². The maximum Gasteiger partial charge on any atom is 0.282 e. The maximum absolute atomic E-state index is 12.5. The molecule has 0 saturated carbocycles. The van der Waals surface area contributed by atoms with Crippen LogP contribution < -0.4 is 10.3 Å². The average Bonchev–Trinajstić information content (AvgIpc) is 3.01. The first-order valence-corrected chi connectivity index (χ1v) is 8.75. The second-order valence-corrected chi connectivity index (χ2v) is 6.95. The first-order chi connectivity index (χ1) is 11.5. The second kappa shape index (κ2) is 6.74. The van der Waals surface area contributed by atoms with E-state index in [1.807, 2.05) is 13.0 Å². The van der Waals surface area contributed by atoms with Crippen molar-refractivity contribution in [1.29, 1.82) is 0 Å². The molecule has 0 atom stereocenters. The number of ether oxygens (including phenoxy) is 1. The van der Waals surface area contributed by atoms with Gasteiger partial charge in [0.2, 0.25) is 0 Å². The smallest absolute Gasteiger partial charge is 0.282 e. The van der Waals surface area contributed by atoms with Crippen molar-refractivity contribution in [3.05, 3.63) is 49.8 Å². The van der Waals surface area contributed by atoms with E-state index in [0.29, 0.717) is 21.2 Å². The predicted molar refractivity (Wildman–Crippen MR) is 98.6 cm³/mol. The van der Waals surface area contributed by atoms with Crippen LogP contribution in [0.5, 0.6) is 11.5 Å². The third-order valence-electron chi connectivity index (χ3n) is 3.44. The van der Waals surface area contributed by atoms with E-state index in [-0.39, 0.29) is 11.3 Å². The molecule has 0 fully saturated rings. The molecule has 0 amide bonds. The molecule has 24 heavy (non-hydrogen) atoms. The van der Waals surface area contributed by atoms with Crippen molar-refractivity contribution in [3.63, 3.8) is 0 Å². The van der Waals surface area contributed by atoms with E-state index in [1.165, 1.54) is 35.7 Å². The highest BCUT2D eigenvalue weighted by Gasteiger charge is 2.09. The van der Waals surface area contributed by atoms with Crippen LogP contribution in [0.15, 0.2) is 38.9 Å². The molecule has 0 aliphatic heterocycles. The van der Waals surface area contributed by atoms with Crippen LogP contribution in [0.1, 0.15) is 17.4 Å². The SMILES string of the molecule is CCc1cc2c(=O)n(/N=C/c3cc(Br)c(O)c(OC)c3)cnc2s1. The normalized spacial score (nSPS) is 11.5. The standard InChI is InChI=1S/C16H14BrN3O3S/c1-3-10-6-11-15(24-10)18-8-20(16(11)22)19-7-9-4-12(17)14(21)13(5-9)23-2/h4-8,21H,3H2,1-2H3/b19-7+. The Bertz CT molecular complexity index is 994. The van der Waals surface area contributed by atoms with Gasteiger partial charge in [-0.3, -0.25) is 4.79 Å². The molecule has 0 bridgehead atoms. The van der Waals surface area contributed by atoms with Crippen LogP contribution in [-0.4, -0.2) is 28.1 Å². The molecule has 0 aliphatic rings. The van der Waals surface area contributed by atoms with Crippen LogP contribution in [0.25, 0.3) is 10.2 Å². The second-order valence-electron chi connectivity index (χ2n) is 4.98. The van der Waals surface area contributed by atoms with Gasteiger partial charge in [0.05, 0.1) is 23.2 Å². The molecule has 0 saturated heterocycles. The van der Waals surface area contributed by atoms with Gasteiger partial charge in [-0.05, 0) is 46.1 Å². The van der Waals surface area contributed by atoms with E-state index in [9.17, 15) is 9.90 Å². The Morgan fingerprint density at radius 1 is 1.46 bits per heavy atom. The predicted octanol–water partition coefficient (Wildman–Crippen LogP) is 3.38. The number of aromatic nitrogens is 2. The molecule has 0 unspecified atom stereocenters. The van der Waals surface area contributed by atoms with E-state index < -0.39 is 0 Å². The van der Waals surface area contributed by atoms with Crippen molar-refractivity contribution in [1.82, 2.24) is 9.66 Å². The van der Waals surface area contributed by atoms with Crippen LogP contribution in [0.2, 0.25) is 0 Å². The highest BCUT2D eigenvalue weighted by Crippen LogP contribution is 2.34. The van der Waals surface area contributed by atoms with E-state index >= 15 is 0 Å². The molecule has 0 aliphatic carbocycles. The minimum absolute atomic E-state index is 0.0141. The van der Waals surface area contributed by atoms with Crippen molar-refractivity contribution in [2.45, 2.75) is 13.3 Å². The Kier molecular flexibility index (Phi) is 4.68. The van der Waals surface area contributed by atoms with Gasteiger partial charge in [-0.2, -0.15) is 9.78 Å². The van der Waals surface area contributed by atoms with Gasteiger partial charge in [-0.15, -0.1) is 11.3 Å². The van der Waals surface area contributed by atoms with Crippen LogP contribution in [0.4, 0.5) is 0 Å². The lowest BCUT2D eigenvalue weighted by atomic mass is 10.2. The summed E-state index contributed by atoms with van der Waals surface area (Å²) in [6, 6.07) is 5.17. The van der Waals surface area contributed by atoms with Crippen molar-refractivity contribution in [2.75, 3.05) is 7.11 Å². The van der Waals surface area contributed by atoms with Crippen molar-refractivity contribution < 1.29 is 9.84 Å². The number of phenols is 1. The number of aryl methyl sites for hydroxylation is 1. The summed E-state index contributed by atoms with van der Waals surface area (Å²) >= 11 is 4.77. The van der Waals surface area contributed by atoms with Crippen LogP contribution in [0.3, 0.4) is 0 Å². The van der Waals surface area contributed by atoms with Crippen molar-refractivity contribution >= 4 is 43.7 Å². The first kappa shape index (κ1) is 16.7. The molecule has 2 aromatic heterocycles. The molecular formula is C16H14BrN3O3S. The van der Waals surface area contributed by atoms with Crippen LogP contribution in [0, 0.1) is 0 Å². The summed E-state index contributed by atoms with van der Waals surface area (Å²) in [5, 5.41) is 14.6. The molecule has 6 nitrogen and oxygen atoms in total. The lowest BCUT2D eigenvalue weighted by Gasteiger charge is -2.06. The van der Waals surface area contributed by atoms with E-state index in [0.717, 1.165) is 16.1 Å². The van der Waals surface area contributed by atoms with E-state index in [4.69, 9.17) is 4.74 Å². The third kappa shape index (κ3) is 3.07. The molecule has 1 N–H and O–H groups in total. The number of benzene rings is 1. The third-order valence-corrected chi connectivity index (χ3v) is 5.23. The highest BCUT2D eigenvalue weighted by molar-refractivity contribution is 9.10. The number of nitrogens with zero attached hydrogens (tertiary/aromatic N) is 3. The minimum Gasteiger partial charge on any atom is -0.503 e. The van der Waals surface area contributed by atoms with Gasteiger partial charge in [0.1, 0.15) is 11.2 Å². The topological polar surface area (TPSA) is 76.7 Å². The molecule has 0 radical (unpaired) electrons. The summed E-state index contributed by atoms with van der Waals surface area (Å²) in [5.41, 5.74) is 0.458. The fourth-order valence-electron chi connectivity index (χ4n) is 2.17. The number of hydrogen-bond acceptors (Lipinski definition) is 6. The zero-order valence-electron chi connectivity index (χ0n) is 13.0. The van der Waals surface area contributed by atoms with Gasteiger partial charge < -0.3 is 9.84 Å². The lowest BCUT2D eigenvalue weighted by Crippen LogP contribution is -2.16. The molecule has 124 valence electrons. The Morgan fingerprint density at radius 3 is 2.96 bits per heavy atom. The highest BCUT2D eigenvalue weighted by atomic mass is 79.9. The monoisotopic (exact) mass is 407 g/mol. The number of hydrogen-bond donors (Lipinski definition) is 1. The minimum atomic E-state index is -0.211. The van der Waals surface area contributed by atoms with Crippen molar-refractivity contribution in [2.24, 2.45) is 5.10 Å². The summed E-state index contributed by atoms with van der Waals surface area (Å²) in [4.78, 5) is 18.6. The average molecular weight is 408 g/mol. The van der Waals surface area contributed by atoms with Gasteiger partial charge in [0.25, 0.3) is 5.56 Å². The molecule has 0 spiro atoms. The lowest BCUT2D eigenvalue weighted by molar-refractivity contribution is 0.372. The Hall–Kier alpha value is -2.19. The quantitative estimate of drug-likeness (QED) is 0.672. The molecule has 8 heteroatoms. The fraction of sp³-hybridized carbons (Fsp3) is 0.188. The molecule has 1 aromatic carbocycles. The van der Waals surface area contributed by atoms with E-state index in [2.05, 4.69) is 26.0 Å². The number of methoxy groups -OCH3 is 1. The Labute approximate surface area is 150 Å².